The highest BCUT2D eigenvalue weighted by atomic mass is 32.1. The zero-order valence-corrected chi connectivity index (χ0v) is 22.2. The molecule has 0 radical (unpaired) electrons. The average Bonchev–Trinajstić information content (AvgIpc) is 3.63. The van der Waals surface area contributed by atoms with E-state index in [0.29, 0.717) is 50.8 Å². The third-order valence-corrected chi connectivity index (χ3v) is 7.71. The van der Waals surface area contributed by atoms with E-state index in [9.17, 15) is 9.59 Å². The van der Waals surface area contributed by atoms with Gasteiger partial charge in [-0.2, -0.15) is 0 Å². The number of ether oxygens (including phenoxy) is 2. The molecule has 10 heteroatoms. The first kappa shape index (κ1) is 25.4. The lowest BCUT2D eigenvalue weighted by atomic mass is 10.1. The summed E-state index contributed by atoms with van der Waals surface area (Å²) in [6.07, 6.45) is 3.35. The van der Waals surface area contributed by atoms with Crippen molar-refractivity contribution in [2.75, 3.05) is 50.8 Å². The minimum Gasteiger partial charge on any atom is -0.450 e. The first-order chi connectivity index (χ1) is 18.0. The number of fused-ring (bicyclic) bond motifs is 1. The molecule has 196 valence electrons. The van der Waals surface area contributed by atoms with Gasteiger partial charge in [0.25, 0.3) is 5.91 Å². The van der Waals surface area contributed by atoms with E-state index >= 15 is 0 Å². The number of benzene rings is 1. The summed E-state index contributed by atoms with van der Waals surface area (Å²) in [5.74, 6) is 0.820. The predicted molar refractivity (Wildman–Crippen MR) is 143 cm³/mol. The second-order valence-corrected chi connectivity index (χ2v) is 10.4. The highest BCUT2D eigenvalue weighted by Crippen LogP contribution is 2.29. The van der Waals surface area contributed by atoms with E-state index in [1.54, 1.807) is 16.6 Å². The Morgan fingerprint density at radius 1 is 1.24 bits per heavy atom. The molecule has 3 aromatic rings. The van der Waals surface area contributed by atoms with Crippen molar-refractivity contribution < 1.29 is 19.1 Å². The van der Waals surface area contributed by atoms with Crippen LogP contribution in [0.5, 0.6) is 0 Å². The van der Waals surface area contributed by atoms with Crippen LogP contribution in [-0.4, -0.2) is 83.8 Å². The number of thiazole rings is 1. The van der Waals surface area contributed by atoms with Crippen LogP contribution in [0.2, 0.25) is 0 Å². The lowest BCUT2D eigenvalue weighted by molar-refractivity contribution is 0.0510. The predicted octanol–water partition coefficient (Wildman–Crippen LogP) is 4.10. The number of carbonyl (C=O) groups is 2. The standard InChI is InChI=1S/C27H33N5O4S/c1-3-35-27(34)31-11-9-30(10-12-31)25-21(14-20-7-4-6-19(2)24(20)29-25)16-32(17-22-8-5-13-36-22)26(33)23-15-28-18-37-23/h4,6-7,14-15,18,22H,3,5,8-13,16-17H2,1-2H3. The number of hydrogen-bond donors (Lipinski definition) is 0. The van der Waals surface area contributed by atoms with Crippen molar-refractivity contribution in [2.24, 2.45) is 0 Å². The Kier molecular flexibility index (Phi) is 7.85. The molecule has 0 saturated carbocycles. The molecule has 4 heterocycles. The van der Waals surface area contributed by atoms with Gasteiger partial charge in [0, 0.05) is 56.8 Å². The number of hydrogen-bond acceptors (Lipinski definition) is 8. The molecule has 0 bridgehead atoms. The van der Waals surface area contributed by atoms with Crippen LogP contribution >= 0.6 is 11.3 Å². The zero-order chi connectivity index (χ0) is 25.8. The maximum atomic E-state index is 13.5. The summed E-state index contributed by atoms with van der Waals surface area (Å²) < 4.78 is 11.1. The molecule has 2 aliphatic heterocycles. The van der Waals surface area contributed by atoms with E-state index in [0.717, 1.165) is 47.3 Å². The summed E-state index contributed by atoms with van der Waals surface area (Å²) in [6, 6.07) is 8.32. The van der Waals surface area contributed by atoms with Gasteiger partial charge in [0.05, 0.1) is 29.9 Å². The number of para-hydroxylation sites is 1. The Labute approximate surface area is 221 Å². The number of nitrogens with zero attached hydrogens (tertiary/aromatic N) is 5. The van der Waals surface area contributed by atoms with Gasteiger partial charge >= 0.3 is 6.09 Å². The second kappa shape index (κ2) is 11.4. The van der Waals surface area contributed by atoms with E-state index in [2.05, 4.69) is 35.0 Å². The second-order valence-electron chi connectivity index (χ2n) is 9.48. The van der Waals surface area contributed by atoms with Crippen molar-refractivity contribution >= 4 is 40.1 Å². The van der Waals surface area contributed by atoms with Crippen molar-refractivity contribution in [2.45, 2.75) is 39.3 Å². The maximum Gasteiger partial charge on any atom is 0.409 e. The molecule has 2 aliphatic rings. The Hall–Kier alpha value is -3.24. The fourth-order valence-corrected chi connectivity index (χ4v) is 5.61. The van der Waals surface area contributed by atoms with Gasteiger partial charge < -0.3 is 24.2 Å². The van der Waals surface area contributed by atoms with Gasteiger partial charge in [-0.1, -0.05) is 18.2 Å². The van der Waals surface area contributed by atoms with Gasteiger partial charge in [0.1, 0.15) is 10.7 Å². The maximum absolute atomic E-state index is 13.5. The topological polar surface area (TPSA) is 88.1 Å². The van der Waals surface area contributed by atoms with Gasteiger partial charge in [-0.3, -0.25) is 9.78 Å². The molecule has 1 aromatic carbocycles. The number of piperazine rings is 1. The smallest absolute Gasteiger partial charge is 0.409 e. The largest absolute Gasteiger partial charge is 0.450 e. The molecule has 2 saturated heterocycles. The van der Waals surface area contributed by atoms with Crippen LogP contribution in [-0.2, 0) is 16.0 Å². The summed E-state index contributed by atoms with van der Waals surface area (Å²) in [5.41, 5.74) is 4.73. The molecule has 0 aliphatic carbocycles. The average molecular weight is 524 g/mol. The first-order valence-electron chi connectivity index (χ1n) is 12.9. The Bertz CT molecular complexity index is 1240. The molecule has 0 N–H and O–H groups in total. The van der Waals surface area contributed by atoms with E-state index in [1.807, 2.05) is 17.9 Å². The normalized spacial score (nSPS) is 17.8. The summed E-state index contributed by atoms with van der Waals surface area (Å²) in [7, 11) is 0. The quantitative estimate of drug-likeness (QED) is 0.461. The molecule has 2 aromatic heterocycles. The molecule has 2 fully saturated rings. The van der Waals surface area contributed by atoms with Gasteiger partial charge in [0.15, 0.2) is 0 Å². The number of carbonyl (C=O) groups excluding carboxylic acids is 2. The molecule has 5 rings (SSSR count). The van der Waals surface area contributed by atoms with Crippen LogP contribution in [0.4, 0.5) is 10.6 Å². The van der Waals surface area contributed by atoms with Crippen molar-refractivity contribution in [3.8, 4) is 0 Å². The molecular weight excluding hydrogens is 490 g/mol. The molecule has 37 heavy (non-hydrogen) atoms. The van der Waals surface area contributed by atoms with Gasteiger partial charge in [-0.05, 0) is 38.3 Å². The lowest BCUT2D eigenvalue weighted by Gasteiger charge is -2.36. The van der Waals surface area contributed by atoms with Crippen LogP contribution in [0, 0.1) is 6.92 Å². The highest BCUT2D eigenvalue weighted by Gasteiger charge is 2.28. The fraction of sp³-hybridized carbons (Fsp3) is 0.481. The molecule has 9 nitrogen and oxygen atoms in total. The lowest BCUT2D eigenvalue weighted by Crippen LogP contribution is -2.49. The third-order valence-electron chi connectivity index (χ3n) is 6.95. The highest BCUT2D eigenvalue weighted by molar-refractivity contribution is 7.11. The minimum atomic E-state index is -0.275. The van der Waals surface area contributed by atoms with Gasteiger partial charge in [-0.25, -0.2) is 9.78 Å². The van der Waals surface area contributed by atoms with E-state index < -0.39 is 0 Å². The molecule has 2 amide bonds. The summed E-state index contributed by atoms with van der Waals surface area (Å²) in [4.78, 5) is 41.5. The van der Waals surface area contributed by atoms with Crippen molar-refractivity contribution in [1.82, 2.24) is 19.8 Å². The number of pyridine rings is 1. The van der Waals surface area contributed by atoms with Gasteiger partial charge in [0.2, 0.25) is 0 Å². The Balaban J connectivity index is 1.46. The minimum absolute atomic E-state index is 0.0316. The number of rotatable bonds is 7. The van der Waals surface area contributed by atoms with Crippen molar-refractivity contribution in [3.63, 3.8) is 0 Å². The molecular formula is C27H33N5O4S. The van der Waals surface area contributed by atoms with Crippen molar-refractivity contribution in [1.29, 1.82) is 0 Å². The zero-order valence-electron chi connectivity index (χ0n) is 21.4. The SMILES string of the molecule is CCOC(=O)N1CCN(c2nc3c(C)cccc3cc2CN(CC2CCCO2)C(=O)c2cncs2)CC1. The number of aryl methyl sites for hydroxylation is 1. The number of anilines is 1. The van der Waals surface area contributed by atoms with Crippen LogP contribution in [0.15, 0.2) is 36.0 Å². The number of aromatic nitrogens is 2. The van der Waals surface area contributed by atoms with E-state index in [4.69, 9.17) is 14.5 Å². The monoisotopic (exact) mass is 523 g/mol. The summed E-state index contributed by atoms with van der Waals surface area (Å²) in [5, 5.41) is 1.05. The van der Waals surface area contributed by atoms with Gasteiger partial charge in [-0.15, -0.1) is 11.3 Å². The number of amides is 2. The van der Waals surface area contributed by atoms with E-state index in [-0.39, 0.29) is 18.1 Å². The van der Waals surface area contributed by atoms with Crippen LogP contribution in [0.25, 0.3) is 10.9 Å². The third kappa shape index (κ3) is 5.70. The van der Waals surface area contributed by atoms with Crippen LogP contribution in [0.1, 0.15) is 40.6 Å². The first-order valence-corrected chi connectivity index (χ1v) is 13.8. The summed E-state index contributed by atoms with van der Waals surface area (Å²) >= 11 is 1.35. The molecule has 0 spiro atoms. The van der Waals surface area contributed by atoms with Crippen LogP contribution < -0.4 is 4.90 Å². The summed E-state index contributed by atoms with van der Waals surface area (Å²) in [6.45, 7) is 8.33. The Morgan fingerprint density at radius 2 is 2.08 bits per heavy atom. The molecule has 1 atom stereocenters. The Morgan fingerprint density at radius 3 is 2.78 bits per heavy atom. The fourth-order valence-electron chi connectivity index (χ4n) is 5.02. The molecule has 1 unspecified atom stereocenters. The van der Waals surface area contributed by atoms with E-state index in [1.165, 1.54) is 11.3 Å². The van der Waals surface area contributed by atoms with Crippen LogP contribution in [0.3, 0.4) is 0 Å². The van der Waals surface area contributed by atoms with Crippen molar-refractivity contribution in [3.05, 3.63) is 52.0 Å².